The van der Waals surface area contributed by atoms with E-state index in [1.165, 1.54) is 6.08 Å². The van der Waals surface area contributed by atoms with Crippen LogP contribution < -0.4 is 5.32 Å². The molecule has 1 aliphatic rings. The molecule has 2 aromatic rings. The number of amides is 2. The van der Waals surface area contributed by atoms with Crippen LogP contribution in [0.4, 0.5) is 10.5 Å². The zero-order valence-electron chi connectivity index (χ0n) is 19.4. The van der Waals surface area contributed by atoms with Crippen LogP contribution in [0.25, 0.3) is 6.08 Å². The third kappa shape index (κ3) is 7.48. The van der Waals surface area contributed by atoms with Gasteiger partial charge in [0.1, 0.15) is 11.7 Å². The van der Waals surface area contributed by atoms with Crippen LogP contribution in [-0.2, 0) is 21.3 Å². The first kappa shape index (κ1) is 24.0. The molecule has 1 fully saturated rings. The molecule has 176 valence electrons. The second kappa shape index (κ2) is 10.3. The van der Waals surface area contributed by atoms with Crippen LogP contribution in [0.3, 0.4) is 0 Å². The van der Waals surface area contributed by atoms with Gasteiger partial charge in [-0.15, -0.1) is 0 Å². The van der Waals surface area contributed by atoms with Crippen molar-refractivity contribution in [1.82, 2.24) is 14.7 Å². The predicted molar refractivity (Wildman–Crippen MR) is 124 cm³/mol. The molecule has 9 heteroatoms. The van der Waals surface area contributed by atoms with Crippen molar-refractivity contribution in [1.29, 1.82) is 0 Å². The van der Waals surface area contributed by atoms with Crippen LogP contribution in [0, 0.1) is 0 Å². The van der Waals surface area contributed by atoms with Gasteiger partial charge in [-0.05, 0) is 51.1 Å². The molecule has 0 spiro atoms. The number of benzene rings is 1. The molecule has 1 aromatic carbocycles. The van der Waals surface area contributed by atoms with Gasteiger partial charge in [0.05, 0.1) is 11.8 Å². The molecule has 0 aliphatic carbocycles. The van der Waals surface area contributed by atoms with Gasteiger partial charge in [0.2, 0.25) is 5.91 Å². The minimum atomic E-state index is -0.540. The summed E-state index contributed by atoms with van der Waals surface area (Å²) >= 11 is 0. The first-order chi connectivity index (χ1) is 15.6. The number of likely N-dealkylation sites (tertiary alicyclic amines) is 1. The topological polar surface area (TPSA) is 103 Å². The fourth-order valence-corrected chi connectivity index (χ4v) is 3.27. The zero-order chi connectivity index (χ0) is 24.0. The molecule has 1 N–H and O–H groups in total. The third-order valence-corrected chi connectivity index (χ3v) is 4.91. The van der Waals surface area contributed by atoms with Crippen molar-refractivity contribution >= 4 is 29.7 Å². The van der Waals surface area contributed by atoms with Crippen LogP contribution in [0.15, 0.2) is 42.7 Å². The summed E-state index contributed by atoms with van der Waals surface area (Å²) in [7, 11) is 1.80. The average molecular weight is 455 g/mol. The Morgan fingerprint density at radius 2 is 1.79 bits per heavy atom. The Morgan fingerprint density at radius 1 is 1.12 bits per heavy atom. The number of hydrogen-bond donors (Lipinski definition) is 1. The molecule has 9 nitrogen and oxygen atoms in total. The van der Waals surface area contributed by atoms with Gasteiger partial charge in [-0.25, -0.2) is 9.59 Å². The summed E-state index contributed by atoms with van der Waals surface area (Å²) in [6.07, 6.45) is 7.06. The summed E-state index contributed by atoms with van der Waals surface area (Å²) in [5, 5.41) is 6.78. The van der Waals surface area contributed by atoms with E-state index in [0.29, 0.717) is 37.2 Å². The number of esters is 1. The third-order valence-electron chi connectivity index (χ3n) is 4.91. The van der Waals surface area contributed by atoms with E-state index in [1.54, 1.807) is 59.4 Å². The van der Waals surface area contributed by atoms with Crippen LogP contribution >= 0.6 is 0 Å². The van der Waals surface area contributed by atoms with Crippen LogP contribution in [0.5, 0.6) is 0 Å². The summed E-state index contributed by atoms with van der Waals surface area (Å²) < 4.78 is 12.6. The van der Waals surface area contributed by atoms with E-state index >= 15 is 0 Å². The highest BCUT2D eigenvalue weighted by Crippen LogP contribution is 2.19. The minimum absolute atomic E-state index is 0.256. The van der Waals surface area contributed by atoms with E-state index in [4.69, 9.17) is 9.47 Å². The Morgan fingerprint density at radius 3 is 2.36 bits per heavy atom. The van der Waals surface area contributed by atoms with E-state index in [1.807, 2.05) is 20.8 Å². The van der Waals surface area contributed by atoms with Crippen LogP contribution in [0.2, 0.25) is 0 Å². The quantitative estimate of drug-likeness (QED) is 0.547. The molecule has 1 aliphatic heterocycles. The van der Waals surface area contributed by atoms with Gasteiger partial charge in [0.15, 0.2) is 0 Å². The highest BCUT2D eigenvalue weighted by Gasteiger charge is 2.28. The summed E-state index contributed by atoms with van der Waals surface area (Å²) in [6, 6.07) is 6.52. The molecule has 0 radical (unpaired) electrons. The molecule has 2 heterocycles. The van der Waals surface area contributed by atoms with E-state index in [9.17, 15) is 14.4 Å². The first-order valence-electron chi connectivity index (χ1n) is 10.9. The highest BCUT2D eigenvalue weighted by molar-refractivity contribution is 6.02. The highest BCUT2D eigenvalue weighted by atomic mass is 16.6. The monoisotopic (exact) mass is 454 g/mol. The van der Waals surface area contributed by atoms with Crippen molar-refractivity contribution < 1.29 is 23.9 Å². The predicted octanol–water partition coefficient (Wildman–Crippen LogP) is 3.63. The van der Waals surface area contributed by atoms with Gasteiger partial charge < -0.3 is 19.7 Å². The normalized spacial score (nSPS) is 14.8. The van der Waals surface area contributed by atoms with Gasteiger partial charge in [-0.1, -0.05) is 0 Å². The van der Waals surface area contributed by atoms with E-state index in [0.717, 1.165) is 5.56 Å². The maximum Gasteiger partial charge on any atom is 0.410 e. The average Bonchev–Trinajstić information content (AvgIpc) is 3.17. The van der Waals surface area contributed by atoms with Gasteiger partial charge in [-0.2, -0.15) is 5.10 Å². The molecule has 1 saturated heterocycles. The second-order valence-electron chi connectivity index (χ2n) is 8.92. The molecular formula is C24H30N4O5. The van der Waals surface area contributed by atoms with Gasteiger partial charge >= 0.3 is 12.1 Å². The minimum Gasteiger partial charge on any atom is -0.459 e. The molecule has 3 rings (SSSR count). The zero-order valence-corrected chi connectivity index (χ0v) is 19.4. The van der Waals surface area contributed by atoms with E-state index < -0.39 is 11.6 Å². The lowest BCUT2D eigenvalue weighted by Gasteiger charge is -2.33. The fourth-order valence-electron chi connectivity index (χ4n) is 3.27. The lowest BCUT2D eigenvalue weighted by atomic mass is 10.1. The lowest BCUT2D eigenvalue weighted by Crippen LogP contribution is -2.43. The Hall–Kier alpha value is -3.62. The molecule has 0 atom stereocenters. The molecule has 33 heavy (non-hydrogen) atoms. The fraction of sp³-hybridized carbons (Fsp3) is 0.417. The summed E-state index contributed by atoms with van der Waals surface area (Å²) in [6.45, 7) is 6.44. The van der Waals surface area contributed by atoms with Crippen molar-refractivity contribution in [2.24, 2.45) is 7.05 Å². The molecule has 0 saturated carbocycles. The lowest BCUT2D eigenvalue weighted by molar-refractivity contribution is -0.111. The van der Waals surface area contributed by atoms with E-state index in [-0.39, 0.29) is 18.1 Å². The molecule has 2 amide bonds. The first-order valence-corrected chi connectivity index (χ1v) is 10.9. The van der Waals surface area contributed by atoms with Crippen molar-refractivity contribution in [2.45, 2.75) is 45.3 Å². The standard InChI is InChI=1S/C24H30N4O5/c1-24(2,3)33-23(31)28-13-11-20(12-14-28)32-22(30)18-6-8-19(9-7-18)26-21(29)10-5-17-15-25-27(4)16-17/h5-10,15-16,20H,11-14H2,1-4H3,(H,26,29)/b10-5+. The van der Waals surface area contributed by atoms with Gasteiger partial charge in [0, 0.05) is 56.5 Å². The molecular weight excluding hydrogens is 424 g/mol. The van der Waals surface area contributed by atoms with Crippen molar-refractivity contribution in [3.05, 3.63) is 53.9 Å². The number of carbonyl (C=O) groups excluding carboxylic acids is 3. The Bertz CT molecular complexity index is 1010. The number of ether oxygens (including phenoxy) is 2. The number of carbonyl (C=O) groups is 3. The smallest absolute Gasteiger partial charge is 0.410 e. The number of nitrogens with one attached hydrogen (secondary N) is 1. The summed E-state index contributed by atoms with van der Waals surface area (Å²) in [4.78, 5) is 38.3. The van der Waals surface area contributed by atoms with Crippen LogP contribution in [0.1, 0.15) is 49.5 Å². The SMILES string of the molecule is Cn1cc(/C=C/C(=O)Nc2ccc(C(=O)OC3CCN(C(=O)OC(C)(C)C)CC3)cc2)cn1. The number of hydrogen-bond acceptors (Lipinski definition) is 6. The number of rotatable bonds is 5. The van der Waals surface area contributed by atoms with Crippen LogP contribution in [-0.4, -0.2) is 57.4 Å². The van der Waals surface area contributed by atoms with Crippen molar-refractivity contribution in [2.75, 3.05) is 18.4 Å². The number of aryl methyl sites for hydroxylation is 1. The van der Waals surface area contributed by atoms with Crippen molar-refractivity contribution in [3.8, 4) is 0 Å². The number of aromatic nitrogens is 2. The maximum atomic E-state index is 12.5. The van der Waals surface area contributed by atoms with Gasteiger partial charge in [-0.3, -0.25) is 9.48 Å². The number of piperidine rings is 1. The molecule has 1 aromatic heterocycles. The largest absolute Gasteiger partial charge is 0.459 e. The van der Waals surface area contributed by atoms with Gasteiger partial charge in [0.25, 0.3) is 0 Å². The Kier molecular flexibility index (Phi) is 7.52. The Labute approximate surface area is 193 Å². The summed E-state index contributed by atoms with van der Waals surface area (Å²) in [5.41, 5.74) is 1.25. The number of anilines is 1. The maximum absolute atomic E-state index is 12.5. The Balaban J connectivity index is 1.45. The second-order valence-corrected chi connectivity index (χ2v) is 8.92. The van der Waals surface area contributed by atoms with Crippen molar-refractivity contribution in [3.63, 3.8) is 0 Å². The number of nitrogens with zero attached hydrogens (tertiary/aromatic N) is 3. The summed E-state index contributed by atoms with van der Waals surface area (Å²) in [5.74, 6) is -0.717. The van der Waals surface area contributed by atoms with E-state index in [2.05, 4.69) is 10.4 Å². The molecule has 0 bridgehead atoms. The molecule has 0 unspecified atom stereocenters.